The van der Waals surface area contributed by atoms with E-state index >= 15 is 0 Å². The van der Waals surface area contributed by atoms with Gasteiger partial charge in [-0.15, -0.1) is 0 Å². The van der Waals surface area contributed by atoms with Crippen molar-refractivity contribution in [3.8, 4) is 0 Å². The standard InChI is InChI=1S/C17H31NO/c19-14-17(18-15-6-2-1-3-7-15)12-10-16(11-13-17)8-4-5-9-16/h15,18-19H,1-14H2. The van der Waals surface area contributed by atoms with Crippen LogP contribution in [0.4, 0.5) is 0 Å². The van der Waals surface area contributed by atoms with Crippen molar-refractivity contribution in [3.05, 3.63) is 0 Å². The predicted octanol–water partition coefficient (Wildman–Crippen LogP) is 3.77. The van der Waals surface area contributed by atoms with Gasteiger partial charge >= 0.3 is 0 Å². The fourth-order valence-electron chi connectivity index (χ4n) is 4.91. The predicted molar refractivity (Wildman–Crippen MR) is 79.2 cm³/mol. The minimum absolute atomic E-state index is 0.0653. The summed E-state index contributed by atoms with van der Waals surface area (Å²) in [5, 5.41) is 13.8. The maximum Gasteiger partial charge on any atom is 0.0613 e. The average molecular weight is 265 g/mol. The molecule has 110 valence electrons. The molecular formula is C17H31NO. The first-order valence-corrected chi connectivity index (χ1v) is 8.65. The average Bonchev–Trinajstić information content (AvgIpc) is 2.92. The highest BCUT2D eigenvalue weighted by molar-refractivity contribution is 5.00. The van der Waals surface area contributed by atoms with Gasteiger partial charge < -0.3 is 10.4 Å². The number of rotatable bonds is 3. The van der Waals surface area contributed by atoms with E-state index in [-0.39, 0.29) is 5.54 Å². The molecule has 3 aliphatic carbocycles. The van der Waals surface area contributed by atoms with Crippen LogP contribution in [0.5, 0.6) is 0 Å². The van der Waals surface area contributed by atoms with Gasteiger partial charge in [-0.05, 0) is 56.8 Å². The number of aliphatic hydroxyl groups is 1. The molecule has 0 aromatic rings. The number of hydrogen-bond donors (Lipinski definition) is 2. The van der Waals surface area contributed by atoms with Gasteiger partial charge in [-0.3, -0.25) is 0 Å². The van der Waals surface area contributed by atoms with Crippen LogP contribution in [0.1, 0.15) is 83.5 Å². The van der Waals surface area contributed by atoms with Gasteiger partial charge in [0.15, 0.2) is 0 Å². The van der Waals surface area contributed by atoms with E-state index in [4.69, 9.17) is 0 Å². The third-order valence-corrected chi connectivity index (χ3v) is 6.35. The summed E-state index contributed by atoms with van der Waals surface area (Å²) in [7, 11) is 0. The normalized spacial score (nSPS) is 30.8. The minimum atomic E-state index is 0.0653. The van der Waals surface area contributed by atoms with Crippen molar-refractivity contribution in [1.82, 2.24) is 5.32 Å². The molecule has 0 aliphatic heterocycles. The van der Waals surface area contributed by atoms with E-state index in [1.807, 2.05) is 0 Å². The first-order chi connectivity index (χ1) is 9.26. The van der Waals surface area contributed by atoms with E-state index in [2.05, 4.69) is 5.32 Å². The van der Waals surface area contributed by atoms with Gasteiger partial charge in [0.1, 0.15) is 0 Å². The van der Waals surface area contributed by atoms with E-state index in [1.165, 1.54) is 83.5 Å². The highest BCUT2D eigenvalue weighted by atomic mass is 16.3. The molecule has 2 heteroatoms. The summed E-state index contributed by atoms with van der Waals surface area (Å²) in [6.45, 7) is 0.347. The van der Waals surface area contributed by atoms with Gasteiger partial charge in [-0.25, -0.2) is 0 Å². The molecule has 0 atom stereocenters. The molecule has 0 aromatic carbocycles. The molecule has 2 N–H and O–H groups in total. The molecule has 3 rings (SSSR count). The summed E-state index contributed by atoms with van der Waals surface area (Å²) >= 11 is 0. The van der Waals surface area contributed by atoms with Crippen molar-refractivity contribution < 1.29 is 5.11 Å². The lowest BCUT2D eigenvalue weighted by Crippen LogP contribution is -2.56. The number of aliphatic hydroxyl groups excluding tert-OH is 1. The summed E-state index contributed by atoms with van der Waals surface area (Å²) in [5.41, 5.74) is 0.739. The van der Waals surface area contributed by atoms with Crippen molar-refractivity contribution in [2.75, 3.05) is 6.61 Å². The SMILES string of the molecule is OCC1(NC2CCCCC2)CCC2(CCCC2)CC1. The zero-order valence-corrected chi connectivity index (χ0v) is 12.4. The summed E-state index contributed by atoms with van der Waals surface area (Å²) in [6, 6.07) is 0.679. The Hall–Kier alpha value is -0.0800. The van der Waals surface area contributed by atoms with Gasteiger partial charge in [0.2, 0.25) is 0 Å². The quantitative estimate of drug-likeness (QED) is 0.814. The van der Waals surface area contributed by atoms with Crippen LogP contribution in [0.3, 0.4) is 0 Å². The van der Waals surface area contributed by atoms with Gasteiger partial charge in [-0.2, -0.15) is 0 Å². The largest absolute Gasteiger partial charge is 0.394 e. The van der Waals surface area contributed by atoms with Crippen molar-refractivity contribution in [2.24, 2.45) is 5.41 Å². The zero-order chi connectivity index (χ0) is 13.2. The highest BCUT2D eigenvalue weighted by Gasteiger charge is 2.44. The van der Waals surface area contributed by atoms with Crippen molar-refractivity contribution in [2.45, 2.75) is 95.1 Å². The van der Waals surface area contributed by atoms with Crippen LogP contribution in [0.15, 0.2) is 0 Å². The van der Waals surface area contributed by atoms with Gasteiger partial charge in [0, 0.05) is 11.6 Å². The molecule has 0 unspecified atom stereocenters. The summed E-state index contributed by atoms with van der Waals surface area (Å²) in [5.74, 6) is 0. The molecule has 0 amide bonds. The third-order valence-electron chi connectivity index (χ3n) is 6.35. The maximum absolute atomic E-state index is 9.94. The second-order valence-corrected chi connectivity index (χ2v) is 7.62. The van der Waals surface area contributed by atoms with Gasteiger partial charge in [0.05, 0.1) is 6.61 Å². The Kier molecular flexibility index (Phi) is 4.19. The molecule has 1 spiro atoms. The Morgan fingerprint density at radius 2 is 1.42 bits per heavy atom. The number of hydrogen-bond acceptors (Lipinski definition) is 2. The van der Waals surface area contributed by atoms with Crippen LogP contribution >= 0.6 is 0 Å². The number of nitrogens with one attached hydrogen (secondary N) is 1. The van der Waals surface area contributed by atoms with E-state index in [0.717, 1.165) is 0 Å². The lowest BCUT2D eigenvalue weighted by atomic mass is 9.66. The fraction of sp³-hybridized carbons (Fsp3) is 1.00. The Bertz CT molecular complexity index is 280. The smallest absolute Gasteiger partial charge is 0.0613 e. The Morgan fingerprint density at radius 1 is 0.789 bits per heavy atom. The molecule has 0 aromatic heterocycles. The third kappa shape index (κ3) is 3.00. The van der Waals surface area contributed by atoms with E-state index < -0.39 is 0 Å². The Morgan fingerprint density at radius 3 is 2.00 bits per heavy atom. The Balaban J connectivity index is 1.58. The first-order valence-electron chi connectivity index (χ1n) is 8.65. The monoisotopic (exact) mass is 265 g/mol. The summed E-state index contributed by atoms with van der Waals surface area (Å²) in [6.07, 6.45) is 17.8. The van der Waals surface area contributed by atoms with Crippen LogP contribution in [-0.2, 0) is 0 Å². The molecule has 0 bridgehead atoms. The van der Waals surface area contributed by atoms with Crippen molar-refractivity contribution in [1.29, 1.82) is 0 Å². The lowest BCUT2D eigenvalue weighted by molar-refractivity contribution is 0.0504. The van der Waals surface area contributed by atoms with Gasteiger partial charge in [0.25, 0.3) is 0 Å². The molecule has 3 fully saturated rings. The van der Waals surface area contributed by atoms with E-state index in [1.54, 1.807) is 0 Å². The molecule has 0 radical (unpaired) electrons. The molecule has 2 nitrogen and oxygen atoms in total. The molecule has 19 heavy (non-hydrogen) atoms. The van der Waals surface area contributed by atoms with Gasteiger partial charge in [-0.1, -0.05) is 32.1 Å². The van der Waals surface area contributed by atoms with Crippen LogP contribution < -0.4 is 5.32 Å². The second kappa shape index (κ2) is 5.73. The molecule has 3 aliphatic rings. The molecule has 3 saturated carbocycles. The minimum Gasteiger partial charge on any atom is -0.394 e. The van der Waals surface area contributed by atoms with E-state index in [9.17, 15) is 5.11 Å². The Labute approximate surface area is 118 Å². The zero-order valence-electron chi connectivity index (χ0n) is 12.4. The van der Waals surface area contributed by atoms with Crippen molar-refractivity contribution >= 4 is 0 Å². The van der Waals surface area contributed by atoms with Crippen LogP contribution in [0.25, 0.3) is 0 Å². The fourth-order valence-corrected chi connectivity index (χ4v) is 4.91. The molecule has 0 heterocycles. The molecule has 0 saturated heterocycles. The second-order valence-electron chi connectivity index (χ2n) is 7.62. The summed E-state index contributed by atoms with van der Waals surface area (Å²) < 4.78 is 0. The van der Waals surface area contributed by atoms with Crippen molar-refractivity contribution in [3.63, 3.8) is 0 Å². The topological polar surface area (TPSA) is 32.3 Å². The highest BCUT2D eigenvalue weighted by Crippen LogP contribution is 2.51. The lowest BCUT2D eigenvalue weighted by Gasteiger charge is -2.47. The van der Waals surface area contributed by atoms with E-state index in [0.29, 0.717) is 18.1 Å². The summed E-state index contributed by atoms with van der Waals surface area (Å²) in [4.78, 5) is 0. The maximum atomic E-state index is 9.94. The first kappa shape index (κ1) is 13.9. The van der Waals surface area contributed by atoms with Crippen LogP contribution in [0.2, 0.25) is 0 Å². The van der Waals surface area contributed by atoms with Crippen LogP contribution in [0, 0.1) is 5.41 Å². The van der Waals surface area contributed by atoms with Crippen LogP contribution in [-0.4, -0.2) is 23.3 Å². The molecular weight excluding hydrogens is 234 g/mol.